The number of urea groups is 1. The van der Waals surface area contributed by atoms with Gasteiger partial charge in [-0.2, -0.15) is 0 Å². The van der Waals surface area contributed by atoms with Gasteiger partial charge in [-0.1, -0.05) is 49.2 Å². The average Bonchev–Trinajstić information content (AvgIpc) is 3.65. The summed E-state index contributed by atoms with van der Waals surface area (Å²) in [4.78, 5) is 36.5. The van der Waals surface area contributed by atoms with Crippen LogP contribution >= 0.6 is 11.3 Å². The average molecular weight is 535 g/mol. The Balaban J connectivity index is 1.23. The second kappa shape index (κ2) is 10.3. The molecule has 2 atom stereocenters. The summed E-state index contributed by atoms with van der Waals surface area (Å²) >= 11 is 1.65. The van der Waals surface area contributed by atoms with E-state index < -0.39 is 11.0 Å². The number of ether oxygens (including phenoxy) is 1. The van der Waals surface area contributed by atoms with E-state index in [-0.39, 0.29) is 24.2 Å². The van der Waals surface area contributed by atoms with E-state index in [0.717, 1.165) is 36.1 Å². The lowest BCUT2D eigenvalue weighted by Gasteiger charge is -2.53. The van der Waals surface area contributed by atoms with Crippen molar-refractivity contribution in [1.29, 1.82) is 0 Å². The van der Waals surface area contributed by atoms with Crippen LogP contribution in [0.2, 0.25) is 0 Å². The number of amides is 2. The molecular formula is C29H34N4O4S. The maximum absolute atomic E-state index is 13.8. The molecule has 4 heterocycles. The van der Waals surface area contributed by atoms with Crippen molar-refractivity contribution in [3.05, 3.63) is 75.5 Å². The number of thiophene rings is 1. The number of rotatable bonds is 4. The first kappa shape index (κ1) is 25.3. The first-order valence-electron chi connectivity index (χ1n) is 13.5. The van der Waals surface area contributed by atoms with Gasteiger partial charge in [0, 0.05) is 41.6 Å². The molecule has 200 valence electrons. The SMILES string of the molecule is O=C(N1CCC(O)(Cn2cnc(-c3ccccc3)cc2=O)C2(CCCC2)C1)N1CCOCC1c1cccs1. The molecule has 1 aliphatic carbocycles. The van der Waals surface area contributed by atoms with E-state index in [9.17, 15) is 14.7 Å². The summed E-state index contributed by atoms with van der Waals surface area (Å²) < 4.78 is 7.27. The van der Waals surface area contributed by atoms with Gasteiger partial charge >= 0.3 is 6.03 Å². The molecule has 0 bridgehead atoms. The van der Waals surface area contributed by atoms with Crippen molar-refractivity contribution >= 4 is 17.4 Å². The van der Waals surface area contributed by atoms with Crippen LogP contribution < -0.4 is 5.56 Å². The largest absolute Gasteiger partial charge is 0.387 e. The zero-order valence-corrected chi connectivity index (χ0v) is 22.3. The summed E-state index contributed by atoms with van der Waals surface area (Å²) in [7, 11) is 0. The molecule has 2 unspecified atom stereocenters. The zero-order valence-electron chi connectivity index (χ0n) is 21.5. The van der Waals surface area contributed by atoms with Gasteiger partial charge in [-0.3, -0.25) is 9.36 Å². The van der Waals surface area contributed by atoms with E-state index in [0.29, 0.717) is 45.0 Å². The topological polar surface area (TPSA) is 87.9 Å². The maximum atomic E-state index is 13.8. The van der Waals surface area contributed by atoms with Gasteiger partial charge in [-0.05, 0) is 30.7 Å². The van der Waals surface area contributed by atoms with Gasteiger partial charge in [-0.25, -0.2) is 9.78 Å². The summed E-state index contributed by atoms with van der Waals surface area (Å²) in [5.41, 5.74) is -0.188. The van der Waals surface area contributed by atoms with Crippen LogP contribution in [0.1, 0.15) is 43.0 Å². The number of hydrogen-bond acceptors (Lipinski definition) is 6. The fraction of sp³-hybridized carbons (Fsp3) is 0.483. The standard InChI is InChI=1S/C29H34N4O4S/c34-26-17-23(22-7-2-1-3-8-22)30-21-32(26)20-29(36)12-13-31(19-28(29)10-4-5-11-28)27(35)33-14-15-37-18-24(33)25-9-6-16-38-25/h1-3,6-9,16-17,21,24,36H,4-5,10-15,18-20H2. The Hall–Kier alpha value is -3.01. The summed E-state index contributed by atoms with van der Waals surface area (Å²) in [6.45, 7) is 2.74. The van der Waals surface area contributed by atoms with Gasteiger partial charge in [0.05, 0.1) is 43.4 Å². The molecule has 3 aromatic rings. The maximum Gasteiger partial charge on any atom is 0.320 e. The number of nitrogens with zero attached hydrogens (tertiary/aromatic N) is 4. The van der Waals surface area contributed by atoms with Gasteiger partial charge in [0.1, 0.15) is 0 Å². The minimum absolute atomic E-state index is 0.0195. The normalized spacial score (nSPS) is 25.1. The smallest absolute Gasteiger partial charge is 0.320 e. The Kier molecular flexibility index (Phi) is 6.84. The van der Waals surface area contributed by atoms with Crippen LogP contribution in [0.5, 0.6) is 0 Å². The highest BCUT2D eigenvalue weighted by Crippen LogP contribution is 2.52. The lowest BCUT2D eigenvalue weighted by atomic mass is 9.66. The third-order valence-electron chi connectivity index (χ3n) is 8.73. The van der Waals surface area contributed by atoms with Crippen molar-refractivity contribution in [3.63, 3.8) is 0 Å². The van der Waals surface area contributed by atoms with Crippen molar-refractivity contribution in [2.24, 2.45) is 5.41 Å². The van der Waals surface area contributed by atoms with E-state index in [1.54, 1.807) is 28.3 Å². The van der Waals surface area contributed by atoms with Crippen LogP contribution in [0.4, 0.5) is 4.79 Å². The van der Waals surface area contributed by atoms with Crippen LogP contribution in [0.15, 0.2) is 65.0 Å². The molecule has 8 nitrogen and oxygen atoms in total. The second-order valence-electron chi connectivity index (χ2n) is 10.9. The molecule has 0 radical (unpaired) electrons. The summed E-state index contributed by atoms with van der Waals surface area (Å²) in [5.74, 6) is 0. The van der Waals surface area contributed by atoms with Crippen LogP contribution in [0.3, 0.4) is 0 Å². The van der Waals surface area contributed by atoms with Crippen molar-refractivity contribution in [1.82, 2.24) is 19.4 Å². The van der Waals surface area contributed by atoms with Gasteiger partial charge in [0.15, 0.2) is 0 Å². The van der Waals surface area contributed by atoms with Gasteiger partial charge < -0.3 is 19.6 Å². The highest BCUT2D eigenvalue weighted by molar-refractivity contribution is 7.10. The Morgan fingerprint density at radius 2 is 1.92 bits per heavy atom. The van der Waals surface area contributed by atoms with Gasteiger partial charge in [-0.15, -0.1) is 11.3 Å². The molecule has 1 spiro atoms. The van der Waals surface area contributed by atoms with E-state index in [1.807, 2.05) is 51.6 Å². The van der Waals surface area contributed by atoms with Gasteiger partial charge in [0.25, 0.3) is 5.56 Å². The molecule has 2 saturated heterocycles. The number of piperidine rings is 1. The molecule has 3 fully saturated rings. The Morgan fingerprint density at radius 1 is 1.11 bits per heavy atom. The fourth-order valence-electron chi connectivity index (χ4n) is 6.59. The fourth-order valence-corrected chi connectivity index (χ4v) is 7.41. The van der Waals surface area contributed by atoms with Gasteiger partial charge in [0.2, 0.25) is 0 Å². The number of carbonyl (C=O) groups is 1. The minimum atomic E-state index is -1.09. The number of morpholine rings is 1. The van der Waals surface area contributed by atoms with Crippen molar-refractivity contribution in [2.75, 3.05) is 32.8 Å². The van der Waals surface area contributed by atoms with E-state index in [2.05, 4.69) is 11.1 Å². The van der Waals surface area contributed by atoms with Crippen LogP contribution in [-0.4, -0.2) is 68.9 Å². The molecule has 2 amide bonds. The number of aliphatic hydroxyl groups is 1. The van der Waals surface area contributed by atoms with Crippen molar-refractivity contribution in [2.45, 2.75) is 50.3 Å². The molecule has 6 rings (SSSR count). The molecule has 9 heteroatoms. The highest BCUT2D eigenvalue weighted by Gasteiger charge is 2.56. The third-order valence-corrected chi connectivity index (χ3v) is 9.71. The molecular weight excluding hydrogens is 500 g/mol. The van der Waals surface area contributed by atoms with E-state index in [4.69, 9.17) is 4.74 Å². The monoisotopic (exact) mass is 534 g/mol. The van der Waals surface area contributed by atoms with Crippen LogP contribution in [0, 0.1) is 5.41 Å². The Bertz CT molecular complexity index is 1320. The number of likely N-dealkylation sites (tertiary alicyclic amines) is 1. The molecule has 2 aromatic heterocycles. The first-order valence-corrected chi connectivity index (χ1v) is 14.4. The summed E-state index contributed by atoms with van der Waals surface area (Å²) in [5, 5.41) is 14.2. The second-order valence-corrected chi connectivity index (χ2v) is 11.9. The molecule has 1 saturated carbocycles. The van der Waals surface area contributed by atoms with E-state index in [1.165, 1.54) is 0 Å². The number of hydrogen-bond donors (Lipinski definition) is 1. The van der Waals surface area contributed by atoms with Crippen LogP contribution in [-0.2, 0) is 11.3 Å². The quantitative estimate of drug-likeness (QED) is 0.543. The third kappa shape index (κ3) is 4.57. The zero-order chi connectivity index (χ0) is 26.2. The minimum Gasteiger partial charge on any atom is -0.387 e. The number of carbonyl (C=O) groups excluding carboxylic acids is 1. The number of aromatic nitrogens is 2. The van der Waals surface area contributed by atoms with E-state index >= 15 is 0 Å². The molecule has 38 heavy (non-hydrogen) atoms. The first-order chi connectivity index (χ1) is 18.5. The summed E-state index contributed by atoms with van der Waals surface area (Å²) in [6.07, 6.45) is 5.70. The molecule has 3 aliphatic rings. The molecule has 1 aromatic carbocycles. The predicted molar refractivity (Wildman–Crippen MR) is 146 cm³/mol. The predicted octanol–water partition coefficient (Wildman–Crippen LogP) is 4.16. The Labute approximate surface area is 226 Å². The van der Waals surface area contributed by atoms with Crippen molar-refractivity contribution in [3.8, 4) is 11.3 Å². The highest BCUT2D eigenvalue weighted by atomic mass is 32.1. The number of benzene rings is 1. The van der Waals surface area contributed by atoms with Crippen LogP contribution in [0.25, 0.3) is 11.3 Å². The summed E-state index contributed by atoms with van der Waals surface area (Å²) in [6, 6.07) is 15.2. The Morgan fingerprint density at radius 3 is 2.66 bits per heavy atom. The lowest BCUT2D eigenvalue weighted by Crippen LogP contribution is -2.64. The lowest BCUT2D eigenvalue weighted by molar-refractivity contribution is -0.137. The molecule has 2 aliphatic heterocycles. The van der Waals surface area contributed by atoms with Crippen molar-refractivity contribution < 1.29 is 14.6 Å². The molecule has 1 N–H and O–H groups in total.